The molecule has 1 aliphatic rings. The van der Waals surface area contributed by atoms with Crippen molar-refractivity contribution in [2.75, 3.05) is 4.90 Å². The molecule has 3 nitrogen and oxygen atoms in total. The average molecular weight is 299 g/mol. The molecule has 1 aliphatic heterocycles. The number of hydrogen-bond donors (Lipinski definition) is 0. The minimum absolute atomic E-state index is 0.0914. The molecule has 110 valence electrons. The first-order valence-electron chi connectivity index (χ1n) is 6.63. The zero-order valence-electron chi connectivity index (χ0n) is 11.4. The van der Waals surface area contributed by atoms with E-state index in [-0.39, 0.29) is 12.1 Å². The monoisotopic (exact) mass is 299 g/mol. The molecule has 0 aromatic heterocycles. The van der Waals surface area contributed by atoms with Crippen molar-refractivity contribution in [2.24, 2.45) is 0 Å². The lowest BCUT2D eigenvalue weighted by Gasteiger charge is -2.13. The Morgan fingerprint density at radius 1 is 0.955 bits per heavy atom. The zero-order chi connectivity index (χ0) is 15.7. The predicted octanol–water partition coefficient (Wildman–Crippen LogP) is 3.31. The summed E-state index contributed by atoms with van der Waals surface area (Å²) in [7, 11) is 0. The summed E-state index contributed by atoms with van der Waals surface area (Å²) in [6.45, 7) is 0. The summed E-state index contributed by atoms with van der Waals surface area (Å²) in [5.41, 5.74) is 0.982. The van der Waals surface area contributed by atoms with Crippen LogP contribution in [0.2, 0.25) is 0 Å². The molecule has 2 aromatic rings. The van der Waals surface area contributed by atoms with Crippen LogP contribution in [0.3, 0.4) is 0 Å². The highest BCUT2D eigenvalue weighted by atomic mass is 19.1. The lowest BCUT2D eigenvalue weighted by atomic mass is 10.1. The Labute approximate surface area is 125 Å². The Kier molecular flexibility index (Phi) is 3.55. The number of rotatable bonds is 2. The second-order valence-electron chi connectivity index (χ2n) is 4.92. The second-order valence-corrected chi connectivity index (χ2v) is 4.92. The van der Waals surface area contributed by atoms with E-state index >= 15 is 0 Å². The van der Waals surface area contributed by atoms with Crippen LogP contribution in [0.15, 0.2) is 54.1 Å². The molecule has 0 saturated carbocycles. The van der Waals surface area contributed by atoms with Gasteiger partial charge in [-0.05, 0) is 23.8 Å². The van der Waals surface area contributed by atoms with E-state index in [9.17, 15) is 18.4 Å². The number of amides is 2. The molecule has 0 atom stereocenters. The molecular weight excluding hydrogens is 288 g/mol. The molecule has 22 heavy (non-hydrogen) atoms. The average Bonchev–Trinajstić information content (AvgIpc) is 2.73. The number of carbonyl (C=O) groups is 2. The molecular formula is C17H11F2NO2. The minimum Gasteiger partial charge on any atom is -0.274 e. The van der Waals surface area contributed by atoms with Crippen LogP contribution in [0, 0.1) is 11.6 Å². The van der Waals surface area contributed by atoms with Crippen LogP contribution in [0.5, 0.6) is 0 Å². The fraction of sp³-hybridized carbons (Fsp3) is 0.0588. The van der Waals surface area contributed by atoms with Gasteiger partial charge in [0.15, 0.2) is 0 Å². The van der Waals surface area contributed by atoms with E-state index in [1.807, 2.05) is 18.2 Å². The molecule has 2 amide bonds. The first kappa shape index (κ1) is 14.1. The minimum atomic E-state index is -0.837. The van der Waals surface area contributed by atoms with Gasteiger partial charge < -0.3 is 0 Å². The van der Waals surface area contributed by atoms with E-state index in [4.69, 9.17) is 0 Å². The van der Waals surface area contributed by atoms with Gasteiger partial charge >= 0.3 is 0 Å². The fourth-order valence-corrected chi connectivity index (χ4v) is 2.37. The van der Waals surface area contributed by atoms with Gasteiger partial charge in [-0.3, -0.25) is 9.59 Å². The van der Waals surface area contributed by atoms with Gasteiger partial charge in [0.1, 0.15) is 11.6 Å². The quantitative estimate of drug-likeness (QED) is 0.630. The van der Waals surface area contributed by atoms with Crippen molar-refractivity contribution < 1.29 is 18.4 Å². The first-order valence-corrected chi connectivity index (χ1v) is 6.63. The Hall–Kier alpha value is -2.82. The van der Waals surface area contributed by atoms with Gasteiger partial charge in [0.2, 0.25) is 5.91 Å². The summed E-state index contributed by atoms with van der Waals surface area (Å²) >= 11 is 0. The standard InChI is InChI=1S/C17H11F2NO2/c18-13-8-14(19)10-15(9-13)20-16(21)7-12(17(20)22)6-11-4-2-1-3-5-11/h1-6,8-10H,7H2/b12-6-. The molecule has 1 saturated heterocycles. The fourth-order valence-electron chi connectivity index (χ4n) is 2.37. The summed E-state index contributed by atoms with van der Waals surface area (Å²) in [4.78, 5) is 25.2. The molecule has 3 rings (SSSR count). The van der Waals surface area contributed by atoms with E-state index in [0.29, 0.717) is 11.6 Å². The molecule has 0 spiro atoms. The molecule has 0 radical (unpaired) electrons. The topological polar surface area (TPSA) is 37.4 Å². The van der Waals surface area contributed by atoms with Crippen molar-refractivity contribution in [1.29, 1.82) is 0 Å². The Morgan fingerprint density at radius 2 is 1.59 bits per heavy atom. The largest absolute Gasteiger partial charge is 0.274 e. The van der Waals surface area contributed by atoms with Crippen molar-refractivity contribution in [3.05, 3.63) is 71.3 Å². The second kappa shape index (κ2) is 5.52. The molecule has 0 aliphatic carbocycles. The van der Waals surface area contributed by atoms with E-state index in [1.54, 1.807) is 18.2 Å². The van der Waals surface area contributed by atoms with E-state index in [2.05, 4.69) is 0 Å². The summed E-state index contributed by atoms with van der Waals surface area (Å²) in [5, 5.41) is 0. The number of benzene rings is 2. The SMILES string of the molecule is O=C1C/C(=C/c2ccccc2)C(=O)N1c1cc(F)cc(F)c1. The zero-order valence-corrected chi connectivity index (χ0v) is 11.4. The van der Waals surface area contributed by atoms with Gasteiger partial charge in [-0.15, -0.1) is 0 Å². The normalized spacial score (nSPS) is 16.6. The Bertz CT molecular complexity index is 764. The van der Waals surface area contributed by atoms with Gasteiger partial charge in [-0.25, -0.2) is 13.7 Å². The van der Waals surface area contributed by atoms with Gasteiger partial charge in [-0.2, -0.15) is 0 Å². The van der Waals surface area contributed by atoms with Gasteiger partial charge in [0, 0.05) is 11.6 Å². The molecule has 5 heteroatoms. The van der Waals surface area contributed by atoms with Gasteiger partial charge in [0.25, 0.3) is 5.91 Å². The smallest absolute Gasteiger partial charge is 0.261 e. The number of carbonyl (C=O) groups excluding carboxylic acids is 2. The maximum Gasteiger partial charge on any atom is 0.261 e. The van der Waals surface area contributed by atoms with E-state index in [1.165, 1.54) is 0 Å². The van der Waals surface area contributed by atoms with Crippen molar-refractivity contribution in [1.82, 2.24) is 0 Å². The molecule has 1 fully saturated rings. The Balaban J connectivity index is 1.97. The molecule has 1 heterocycles. The summed E-state index contributed by atoms with van der Waals surface area (Å²) < 4.78 is 26.6. The highest BCUT2D eigenvalue weighted by molar-refractivity contribution is 6.29. The number of imide groups is 1. The number of anilines is 1. The lowest BCUT2D eigenvalue weighted by molar-refractivity contribution is -0.120. The molecule has 0 unspecified atom stereocenters. The Morgan fingerprint density at radius 3 is 2.23 bits per heavy atom. The van der Waals surface area contributed by atoms with Crippen LogP contribution < -0.4 is 4.90 Å². The third-order valence-electron chi connectivity index (χ3n) is 3.31. The summed E-state index contributed by atoms with van der Waals surface area (Å²) in [6.07, 6.45) is 1.52. The van der Waals surface area contributed by atoms with Gasteiger partial charge in [-0.1, -0.05) is 30.3 Å². The molecule has 0 N–H and O–H groups in total. The lowest BCUT2D eigenvalue weighted by Crippen LogP contribution is -2.29. The molecule has 2 aromatic carbocycles. The first-order chi connectivity index (χ1) is 10.5. The third kappa shape index (κ3) is 2.65. The van der Waals surface area contributed by atoms with Crippen molar-refractivity contribution in [3.63, 3.8) is 0 Å². The van der Waals surface area contributed by atoms with Gasteiger partial charge in [0.05, 0.1) is 12.1 Å². The van der Waals surface area contributed by atoms with Crippen LogP contribution >= 0.6 is 0 Å². The predicted molar refractivity (Wildman–Crippen MR) is 77.9 cm³/mol. The van der Waals surface area contributed by atoms with Crippen LogP contribution in [-0.2, 0) is 9.59 Å². The van der Waals surface area contributed by atoms with Crippen molar-refractivity contribution in [3.8, 4) is 0 Å². The third-order valence-corrected chi connectivity index (χ3v) is 3.31. The summed E-state index contributed by atoms with van der Waals surface area (Å²) in [6, 6.07) is 11.7. The van der Waals surface area contributed by atoms with Crippen LogP contribution in [0.25, 0.3) is 6.08 Å². The van der Waals surface area contributed by atoms with Crippen LogP contribution in [0.1, 0.15) is 12.0 Å². The van der Waals surface area contributed by atoms with E-state index in [0.717, 1.165) is 22.6 Å². The maximum absolute atomic E-state index is 13.3. The number of nitrogens with zero attached hydrogens (tertiary/aromatic N) is 1. The van der Waals surface area contributed by atoms with Crippen LogP contribution in [-0.4, -0.2) is 11.8 Å². The maximum atomic E-state index is 13.3. The van der Waals surface area contributed by atoms with Crippen molar-refractivity contribution >= 4 is 23.6 Å². The van der Waals surface area contributed by atoms with Crippen LogP contribution in [0.4, 0.5) is 14.5 Å². The molecule has 0 bridgehead atoms. The summed E-state index contributed by atoms with van der Waals surface area (Å²) in [5.74, 6) is -2.73. The highest BCUT2D eigenvalue weighted by Gasteiger charge is 2.35. The number of hydrogen-bond acceptors (Lipinski definition) is 2. The number of halogens is 2. The van der Waals surface area contributed by atoms with Crippen molar-refractivity contribution in [2.45, 2.75) is 6.42 Å². The van der Waals surface area contributed by atoms with E-state index < -0.39 is 23.4 Å². The highest BCUT2D eigenvalue weighted by Crippen LogP contribution is 2.28.